The Morgan fingerprint density at radius 2 is 1.70 bits per heavy atom. The molecule has 1 aromatic carbocycles. The normalized spacial score (nSPS) is 32.7. The summed E-state index contributed by atoms with van der Waals surface area (Å²) < 4.78 is 8.75. The van der Waals surface area contributed by atoms with Crippen molar-refractivity contribution in [1.29, 1.82) is 0 Å². The minimum Gasteiger partial charge on any atom is -0.464 e. The van der Waals surface area contributed by atoms with E-state index in [1.807, 2.05) is 17.6 Å². The van der Waals surface area contributed by atoms with Gasteiger partial charge < -0.3 is 8.65 Å². The summed E-state index contributed by atoms with van der Waals surface area (Å²) in [6.07, 6.45) is 5.30. The number of nitrogens with zero attached hydrogens (tertiary/aromatic N) is 2. The Morgan fingerprint density at radius 1 is 1.03 bits per heavy atom. The molecule has 1 aromatic heterocycles. The number of benzene rings is 1. The van der Waals surface area contributed by atoms with Crippen molar-refractivity contribution in [3.05, 3.63) is 36.1 Å². The average Bonchev–Trinajstić information content (AvgIpc) is 3.25. The van der Waals surface area contributed by atoms with Gasteiger partial charge in [0, 0.05) is 17.4 Å². The molecule has 2 bridgehead atoms. The zero-order valence-corrected chi connectivity index (χ0v) is 23.9. The van der Waals surface area contributed by atoms with Crippen LogP contribution in [0.5, 0.6) is 0 Å². The van der Waals surface area contributed by atoms with Crippen molar-refractivity contribution in [3.63, 3.8) is 0 Å². The lowest BCUT2D eigenvalue weighted by Gasteiger charge is -2.63. The molecule has 4 aliphatic rings. The molecule has 0 unspecified atom stereocenters. The van der Waals surface area contributed by atoms with Gasteiger partial charge in [-0.05, 0) is 48.3 Å². The molecule has 0 N–H and O–H groups in total. The van der Waals surface area contributed by atoms with E-state index in [2.05, 4.69) is 82.5 Å². The second kappa shape index (κ2) is 7.51. The highest BCUT2D eigenvalue weighted by atomic mass is 28.4. The van der Waals surface area contributed by atoms with Gasteiger partial charge in [0.25, 0.3) is 0 Å². The number of furan rings is 1. The van der Waals surface area contributed by atoms with Gasteiger partial charge in [-0.2, -0.15) is 0 Å². The number of hydrogen-bond acceptors (Lipinski definition) is 5. The summed E-state index contributed by atoms with van der Waals surface area (Å²) in [7, 11) is -3.40. The molecule has 1 saturated heterocycles. The number of hydrogen-bond donors (Lipinski definition) is 0. The number of para-hydroxylation sites is 1. The SMILES string of the molecule is CC1(C)[C@@H]2C[C@H]3ON([C@H](Cc4coc5ccccc45)N([Si](C)(C)C)[Si](C)(C)C)O[C@@]3(C)[C@H]1C2. The molecule has 182 valence electrons. The molecule has 0 spiro atoms. The fourth-order valence-corrected chi connectivity index (χ4v) is 17.6. The Morgan fingerprint density at radius 3 is 2.33 bits per heavy atom. The molecule has 3 saturated carbocycles. The van der Waals surface area contributed by atoms with Crippen molar-refractivity contribution in [2.45, 2.75) is 97.2 Å². The van der Waals surface area contributed by atoms with Crippen LogP contribution in [0.4, 0.5) is 0 Å². The Labute approximate surface area is 201 Å². The van der Waals surface area contributed by atoms with Crippen molar-refractivity contribution in [2.24, 2.45) is 17.3 Å². The van der Waals surface area contributed by atoms with E-state index in [4.69, 9.17) is 14.1 Å². The van der Waals surface area contributed by atoms with Crippen LogP contribution in [0.1, 0.15) is 39.2 Å². The molecule has 2 aromatic rings. The molecule has 0 radical (unpaired) electrons. The predicted molar refractivity (Wildman–Crippen MR) is 138 cm³/mol. The third-order valence-corrected chi connectivity index (χ3v) is 16.3. The van der Waals surface area contributed by atoms with Crippen molar-refractivity contribution < 1.29 is 14.1 Å². The van der Waals surface area contributed by atoms with Gasteiger partial charge >= 0.3 is 0 Å². The third kappa shape index (κ3) is 3.70. The van der Waals surface area contributed by atoms with Gasteiger partial charge in [-0.1, -0.05) is 71.3 Å². The van der Waals surface area contributed by atoms with E-state index < -0.39 is 16.5 Å². The Hall–Kier alpha value is -0.966. The maximum atomic E-state index is 6.92. The number of rotatable bonds is 6. The van der Waals surface area contributed by atoms with Crippen LogP contribution in [0.3, 0.4) is 0 Å². The van der Waals surface area contributed by atoms with Crippen LogP contribution in [0.2, 0.25) is 39.3 Å². The number of fused-ring (bicyclic) bond motifs is 1. The van der Waals surface area contributed by atoms with E-state index in [0.717, 1.165) is 24.3 Å². The first-order valence-electron chi connectivity index (χ1n) is 12.6. The van der Waals surface area contributed by atoms with Crippen LogP contribution < -0.4 is 0 Å². The molecule has 5 atom stereocenters. The van der Waals surface area contributed by atoms with Crippen LogP contribution in [-0.2, 0) is 16.1 Å². The van der Waals surface area contributed by atoms with Crippen molar-refractivity contribution in [1.82, 2.24) is 9.46 Å². The first kappa shape index (κ1) is 23.8. The molecule has 7 heteroatoms. The highest BCUT2D eigenvalue weighted by molar-refractivity contribution is 6.89. The van der Waals surface area contributed by atoms with E-state index in [-0.39, 0.29) is 17.9 Å². The molecule has 6 rings (SSSR count). The minimum atomic E-state index is -1.70. The largest absolute Gasteiger partial charge is 0.464 e. The second-order valence-electron chi connectivity index (χ2n) is 13.4. The van der Waals surface area contributed by atoms with E-state index in [1.54, 1.807) is 0 Å². The summed E-state index contributed by atoms with van der Waals surface area (Å²) in [4.78, 5) is 13.7. The second-order valence-corrected chi connectivity index (χ2v) is 23.4. The summed E-state index contributed by atoms with van der Waals surface area (Å²) in [5, 5.41) is 3.14. The lowest BCUT2D eigenvalue weighted by atomic mass is 9.43. The summed E-state index contributed by atoms with van der Waals surface area (Å²) in [6, 6.07) is 8.35. The van der Waals surface area contributed by atoms with Gasteiger partial charge in [-0.3, -0.25) is 9.68 Å². The molecule has 3 aliphatic carbocycles. The molecular formula is C26H42N2O3Si2. The van der Waals surface area contributed by atoms with Gasteiger partial charge in [0.1, 0.15) is 39.9 Å². The van der Waals surface area contributed by atoms with E-state index in [1.165, 1.54) is 17.4 Å². The maximum absolute atomic E-state index is 6.92. The Kier molecular flexibility index (Phi) is 5.41. The first-order chi connectivity index (χ1) is 15.2. The Balaban J connectivity index is 1.53. The smallest absolute Gasteiger partial charge is 0.134 e. The van der Waals surface area contributed by atoms with Crippen molar-refractivity contribution >= 4 is 27.4 Å². The van der Waals surface area contributed by atoms with Crippen molar-refractivity contribution in [2.75, 3.05) is 0 Å². The van der Waals surface area contributed by atoms with Crippen LogP contribution in [0.15, 0.2) is 34.9 Å². The fraction of sp³-hybridized carbons (Fsp3) is 0.692. The highest BCUT2D eigenvalue weighted by Crippen LogP contribution is 2.66. The quantitative estimate of drug-likeness (QED) is 0.428. The predicted octanol–water partition coefficient (Wildman–Crippen LogP) is 6.65. The van der Waals surface area contributed by atoms with Crippen LogP contribution in [0, 0.1) is 17.3 Å². The summed E-state index contributed by atoms with van der Waals surface area (Å²) in [5.74, 6) is 1.28. The summed E-state index contributed by atoms with van der Waals surface area (Å²) >= 11 is 0. The Bertz CT molecular complexity index is 1030. The summed E-state index contributed by atoms with van der Waals surface area (Å²) in [5.41, 5.74) is 2.26. The number of hydroxylamine groups is 2. The monoisotopic (exact) mass is 486 g/mol. The third-order valence-electron chi connectivity index (χ3n) is 8.77. The molecule has 2 heterocycles. The molecule has 1 aliphatic heterocycles. The van der Waals surface area contributed by atoms with Gasteiger partial charge in [0.2, 0.25) is 0 Å². The van der Waals surface area contributed by atoms with Crippen LogP contribution >= 0.6 is 0 Å². The zero-order chi connectivity index (χ0) is 24.0. The van der Waals surface area contributed by atoms with E-state index >= 15 is 0 Å². The van der Waals surface area contributed by atoms with E-state index in [0.29, 0.717) is 11.3 Å². The lowest BCUT2D eigenvalue weighted by Crippen LogP contribution is -2.67. The van der Waals surface area contributed by atoms with Crippen LogP contribution in [0.25, 0.3) is 11.0 Å². The van der Waals surface area contributed by atoms with Gasteiger partial charge in [0.05, 0.1) is 6.26 Å². The fourth-order valence-electron chi connectivity index (χ4n) is 7.40. The van der Waals surface area contributed by atoms with Gasteiger partial charge in [-0.25, -0.2) is 0 Å². The van der Waals surface area contributed by atoms with Crippen molar-refractivity contribution in [3.8, 4) is 0 Å². The molecular weight excluding hydrogens is 444 g/mol. The average molecular weight is 487 g/mol. The maximum Gasteiger partial charge on any atom is 0.134 e. The summed E-state index contributed by atoms with van der Waals surface area (Å²) in [6.45, 7) is 21.9. The molecule has 5 nitrogen and oxygen atoms in total. The highest BCUT2D eigenvalue weighted by Gasteiger charge is 2.69. The lowest BCUT2D eigenvalue weighted by molar-refractivity contribution is -0.362. The van der Waals surface area contributed by atoms with Crippen LogP contribution in [-0.4, -0.2) is 43.8 Å². The standard InChI is InChI=1S/C26H42N2O3Si2/c1-25(2)19-15-22(25)26(3)23(16-19)30-27(31-26)24(28(32(4,5)6)33(7,8)9)14-18-17-29-21-13-11-10-12-20(18)21/h10-13,17,19,22-24H,14-16H2,1-9H3/t19-,22-,23+,24-,26-/m0/s1. The molecule has 0 amide bonds. The van der Waals surface area contributed by atoms with E-state index in [9.17, 15) is 0 Å². The topological polar surface area (TPSA) is 38.1 Å². The zero-order valence-electron chi connectivity index (χ0n) is 21.9. The minimum absolute atomic E-state index is 0.0343. The van der Waals surface area contributed by atoms with Gasteiger partial charge in [-0.15, -0.1) is 0 Å². The van der Waals surface area contributed by atoms with Gasteiger partial charge in [0.15, 0.2) is 0 Å². The molecule has 4 fully saturated rings. The molecule has 33 heavy (non-hydrogen) atoms. The first-order valence-corrected chi connectivity index (χ1v) is 19.5.